The minimum Gasteiger partial charge on any atom is -0.198 e. The Morgan fingerprint density at radius 1 is 1.06 bits per heavy atom. The van der Waals surface area contributed by atoms with Gasteiger partial charge < -0.3 is 0 Å². The van der Waals surface area contributed by atoms with Gasteiger partial charge in [-0.3, -0.25) is 0 Å². The lowest BCUT2D eigenvalue weighted by atomic mass is 9.67. The third-order valence-corrected chi connectivity index (χ3v) is 3.91. The fourth-order valence-electron chi connectivity index (χ4n) is 3.00. The molecule has 1 saturated carbocycles. The van der Waals surface area contributed by atoms with Crippen LogP contribution in [0.25, 0.3) is 0 Å². The van der Waals surface area contributed by atoms with Crippen LogP contribution in [0, 0.1) is 11.3 Å². The first-order chi connectivity index (χ1) is 7.87. The molecule has 0 bridgehead atoms. The van der Waals surface area contributed by atoms with Crippen LogP contribution in [0.2, 0.25) is 0 Å². The zero-order valence-electron chi connectivity index (χ0n) is 9.78. The standard InChI is InChI=1S/C15H19N/c16-13-7-12-15(10-5-2-6-11-15)14-8-3-1-4-9-14/h1,3-4,8-9H,2,5-7,10-12H2. The molecule has 0 N–H and O–H groups in total. The topological polar surface area (TPSA) is 23.8 Å². The predicted molar refractivity (Wildman–Crippen MR) is 66.1 cm³/mol. The maximum Gasteiger partial charge on any atom is 0.0622 e. The van der Waals surface area contributed by atoms with Crippen molar-refractivity contribution >= 4 is 0 Å². The summed E-state index contributed by atoms with van der Waals surface area (Å²) >= 11 is 0. The second-order valence-electron chi connectivity index (χ2n) is 4.87. The van der Waals surface area contributed by atoms with Crippen molar-refractivity contribution in [2.45, 2.75) is 50.4 Å². The number of benzene rings is 1. The molecule has 2 rings (SSSR count). The molecule has 0 aromatic heterocycles. The Labute approximate surface area is 98.1 Å². The Kier molecular flexibility index (Phi) is 3.62. The molecule has 1 nitrogen and oxygen atoms in total. The average molecular weight is 213 g/mol. The minimum absolute atomic E-state index is 0.301. The highest BCUT2D eigenvalue weighted by Gasteiger charge is 2.32. The summed E-state index contributed by atoms with van der Waals surface area (Å²) in [6.45, 7) is 0. The zero-order chi connectivity index (χ0) is 11.3. The molecule has 16 heavy (non-hydrogen) atoms. The van der Waals surface area contributed by atoms with Gasteiger partial charge in [0.15, 0.2) is 0 Å². The summed E-state index contributed by atoms with van der Waals surface area (Å²) in [5.74, 6) is 0. The number of rotatable bonds is 3. The van der Waals surface area contributed by atoms with Gasteiger partial charge in [0.1, 0.15) is 0 Å². The number of nitrogens with zero attached hydrogens (tertiary/aromatic N) is 1. The van der Waals surface area contributed by atoms with Gasteiger partial charge >= 0.3 is 0 Å². The monoisotopic (exact) mass is 213 g/mol. The van der Waals surface area contributed by atoms with Crippen LogP contribution in [0.15, 0.2) is 30.3 Å². The molecule has 0 heterocycles. The highest BCUT2D eigenvalue weighted by Crippen LogP contribution is 2.42. The van der Waals surface area contributed by atoms with Gasteiger partial charge in [-0.2, -0.15) is 5.26 Å². The molecule has 1 heteroatoms. The highest BCUT2D eigenvalue weighted by atomic mass is 14.4. The quantitative estimate of drug-likeness (QED) is 0.738. The molecule has 0 spiro atoms. The van der Waals surface area contributed by atoms with Gasteiger partial charge in [-0.1, -0.05) is 49.6 Å². The number of nitriles is 1. The second-order valence-corrected chi connectivity index (χ2v) is 4.87. The maximum absolute atomic E-state index is 8.81. The summed E-state index contributed by atoms with van der Waals surface area (Å²) in [5.41, 5.74) is 1.75. The molecular weight excluding hydrogens is 194 g/mol. The third kappa shape index (κ3) is 2.27. The van der Waals surface area contributed by atoms with Gasteiger partial charge in [-0.05, 0) is 30.2 Å². The molecule has 1 fully saturated rings. The molecular formula is C15H19N. The van der Waals surface area contributed by atoms with Gasteiger partial charge in [-0.15, -0.1) is 0 Å². The Bertz CT molecular complexity index is 355. The summed E-state index contributed by atoms with van der Waals surface area (Å²) in [4.78, 5) is 0. The van der Waals surface area contributed by atoms with Gasteiger partial charge in [0.05, 0.1) is 6.07 Å². The largest absolute Gasteiger partial charge is 0.198 e. The SMILES string of the molecule is N#CCCC1(c2ccccc2)CCCCC1. The van der Waals surface area contributed by atoms with E-state index in [-0.39, 0.29) is 0 Å². The molecule has 84 valence electrons. The normalized spacial score (nSPS) is 18.9. The van der Waals surface area contributed by atoms with Crippen LogP contribution in [-0.2, 0) is 5.41 Å². The average Bonchev–Trinajstić information content (AvgIpc) is 2.38. The lowest BCUT2D eigenvalue weighted by Gasteiger charge is -2.37. The maximum atomic E-state index is 8.81. The van der Waals surface area contributed by atoms with E-state index in [2.05, 4.69) is 36.4 Å². The molecule has 1 aromatic carbocycles. The Balaban J connectivity index is 2.23. The molecule has 1 aliphatic carbocycles. The highest BCUT2D eigenvalue weighted by molar-refractivity contribution is 5.26. The van der Waals surface area contributed by atoms with Crippen LogP contribution in [0.1, 0.15) is 50.5 Å². The van der Waals surface area contributed by atoms with Crippen molar-refractivity contribution in [3.63, 3.8) is 0 Å². The van der Waals surface area contributed by atoms with Crippen LogP contribution in [0.5, 0.6) is 0 Å². The molecule has 1 aromatic rings. The van der Waals surface area contributed by atoms with Crippen LogP contribution in [0.4, 0.5) is 0 Å². The first-order valence-electron chi connectivity index (χ1n) is 6.30. The smallest absolute Gasteiger partial charge is 0.0622 e. The summed E-state index contributed by atoms with van der Waals surface area (Å²) in [6, 6.07) is 13.1. The minimum atomic E-state index is 0.301. The van der Waals surface area contributed by atoms with E-state index in [9.17, 15) is 0 Å². The van der Waals surface area contributed by atoms with Crippen molar-refractivity contribution in [1.82, 2.24) is 0 Å². The molecule has 1 aliphatic rings. The van der Waals surface area contributed by atoms with Crippen molar-refractivity contribution < 1.29 is 0 Å². The van der Waals surface area contributed by atoms with Crippen molar-refractivity contribution in [2.24, 2.45) is 0 Å². The van der Waals surface area contributed by atoms with Crippen molar-refractivity contribution in [3.8, 4) is 6.07 Å². The molecule has 0 amide bonds. The molecule has 0 atom stereocenters. The van der Waals surface area contributed by atoms with Gasteiger partial charge in [-0.25, -0.2) is 0 Å². The zero-order valence-corrected chi connectivity index (χ0v) is 9.78. The van der Waals surface area contributed by atoms with Crippen molar-refractivity contribution in [1.29, 1.82) is 5.26 Å². The summed E-state index contributed by atoms with van der Waals surface area (Å²) < 4.78 is 0. The van der Waals surface area contributed by atoms with Crippen LogP contribution in [0.3, 0.4) is 0 Å². The molecule has 0 unspecified atom stereocenters. The van der Waals surface area contributed by atoms with E-state index in [0.717, 1.165) is 6.42 Å². The summed E-state index contributed by atoms with van der Waals surface area (Å²) in [7, 11) is 0. The van der Waals surface area contributed by atoms with Crippen molar-refractivity contribution in [2.75, 3.05) is 0 Å². The molecule has 0 radical (unpaired) electrons. The van der Waals surface area contributed by atoms with Gasteiger partial charge in [0, 0.05) is 6.42 Å². The van der Waals surface area contributed by atoms with E-state index in [0.29, 0.717) is 11.8 Å². The van der Waals surface area contributed by atoms with Gasteiger partial charge in [0.25, 0.3) is 0 Å². The van der Waals surface area contributed by atoms with Gasteiger partial charge in [0.2, 0.25) is 0 Å². The number of hydrogen-bond donors (Lipinski definition) is 0. The predicted octanol–water partition coefficient (Wildman–Crippen LogP) is 4.19. The van der Waals surface area contributed by atoms with Crippen LogP contribution >= 0.6 is 0 Å². The first kappa shape index (κ1) is 11.2. The number of hydrogen-bond acceptors (Lipinski definition) is 1. The van der Waals surface area contributed by atoms with E-state index in [1.807, 2.05) is 0 Å². The van der Waals surface area contributed by atoms with E-state index < -0.39 is 0 Å². The Morgan fingerprint density at radius 2 is 1.75 bits per heavy atom. The van der Waals surface area contributed by atoms with E-state index in [4.69, 9.17) is 5.26 Å². The van der Waals surface area contributed by atoms with E-state index in [1.54, 1.807) is 0 Å². The van der Waals surface area contributed by atoms with Crippen LogP contribution in [-0.4, -0.2) is 0 Å². The third-order valence-electron chi connectivity index (χ3n) is 3.91. The fourth-order valence-corrected chi connectivity index (χ4v) is 3.00. The van der Waals surface area contributed by atoms with Crippen molar-refractivity contribution in [3.05, 3.63) is 35.9 Å². The lowest BCUT2D eigenvalue weighted by Crippen LogP contribution is -2.28. The second kappa shape index (κ2) is 5.16. The van der Waals surface area contributed by atoms with E-state index in [1.165, 1.54) is 37.7 Å². The lowest BCUT2D eigenvalue weighted by molar-refractivity contribution is 0.276. The van der Waals surface area contributed by atoms with E-state index >= 15 is 0 Å². The Hall–Kier alpha value is -1.29. The van der Waals surface area contributed by atoms with Crippen LogP contribution < -0.4 is 0 Å². The summed E-state index contributed by atoms with van der Waals surface area (Å²) in [5, 5.41) is 8.81. The first-order valence-corrected chi connectivity index (χ1v) is 6.30. The Morgan fingerprint density at radius 3 is 2.38 bits per heavy atom. The molecule has 0 aliphatic heterocycles. The molecule has 0 saturated heterocycles. The fraction of sp³-hybridized carbons (Fsp3) is 0.533. The summed E-state index contributed by atoms with van der Waals surface area (Å²) in [6.07, 6.45) is 8.25.